The summed E-state index contributed by atoms with van der Waals surface area (Å²) < 4.78 is 0. The molecule has 1 atom stereocenters. The van der Waals surface area contributed by atoms with E-state index in [0.29, 0.717) is 13.0 Å². The first kappa shape index (κ1) is 12.6. The standard InChI is InChI=1S/C11H18N4O/c1-2-3-9(12)6-11(16)14-7-10-4-5-13-8-15-10/h4-5,8-9H,2-3,6-7,12H2,1H3,(H,14,16). The Balaban J connectivity index is 2.25. The second-order valence-electron chi connectivity index (χ2n) is 3.73. The van der Waals surface area contributed by atoms with Crippen molar-refractivity contribution in [2.45, 2.75) is 38.8 Å². The fourth-order valence-electron chi connectivity index (χ4n) is 1.39. The van der Waals surface area contributed by atoms with E-state index in [0.717, 1.165) is 18.5 Å². The molecule has 0 radical (unpaired) electrons. The number of nitrogens with two attached hydrogens (primary N) is 1. The number of nitrogens with one attached hydrogen (secondary N) is 1. The van der Waals surface area contributed by atoms with Gasteiger partial charge in [-0.1, -0.05) is 13.3 Å². The first-order chi connectivity index (χ1) is 7.72. The van der Waals surface area contributed by atoms with Gasteiger partial charge in [-0.25, -0.2) is 9.97 Å². The fraction of sp³-hybridized carbons (Fsp3) is 0.545. The van der Waals surface area contributed by atoms with Gasteiger partial charge in [0.15, 0.2) is 0 Å². The quantitative estimate of drug-likeness (QED) is 0.739. The van der Waals surface area contributed by atoms with E-state index in [1.807, 2.05) is 0 Å². The van der Waals surface area contributed by atoms with Gasteiger partial charge in [0.1, 0.15) is 6.33 Å². The van der Waals surface area contributed by atoms with Crippen LogP contribution in [-0.2, 0) is 11.3 Å². The lowest BCUT2D eigenvalue weighted by Crippen LogP contribution is -2.31. The van der Waals surface area contributed by atoms with Crippen LogP contribution < -0.4 is 11.1 Å². The van der Waals surface area contributed by atoms with Crippen molar-refractivity contribution < 1.29 is 4.79 Å². The lowest BCUT2D eigenvalue weighted by molar-refractivity contribution is -0.121. The molecule has 0 saturated carbocycles. The predicted octanol–water partition coefficient (Wildman–Crippen LogP) is 0.610. The van der Waals surface area contributed by atoms with Crippen LogP contribution in [0.3, 0.4) is 0 Å². The average Bonchev–Trinajstić information content (AvgIpc) is 2.28. The van der Waals surface area contributed by atoms with E-state index < -0.39 is 0 Å². The number of nitrogens with zero attached hydrogens (tertiary/aromatic N) is 2. The maximum absolute atomic E-state index is 11.5. The molecule has 0 fully saturated rings. The van der Waals surface area contributed by atoms with Crippen molar-refractivity contribution in [3.63, 3.8) is 0 Å². The summed E-state index contributed by atoms with van der Waals surface area (Å²) in [4.78, 5) is 19.3. The minimum Gasteiger partial charge on any atom is -0.350 e. The van der Waals surface area contributed by atoms with Gasteiger partial charge in [0, 0.05) is 18.7 Å². The van der Waals surface area contributed by atoms with Gasteiger partial charge >= 0.3 is 0 Å². The summed E-state index contributed by atoms with van der Waals surface area (Å²) in [6.07, 6.45) is 5.36. The molecule has 0 aliphatic rings. The molecule has 1 heterocycles. The molecule has 3 N–H and O–H groups in total. The van der Waals surface area contributed by atoms with E-state index in [2.05, 4.69) is 22.2 Å². The van der Waals surface area contributed by atoms with Gasteiger partial charge in [-0.2, -0.15) is 0 Å². The van der Waals surface area contributed by atoms with Crippen molar-refractivity contribution in [2.24, 2.45) is 5.73 Å². The highest BCUT2D eigenvalue weighted by molar-refractivity contribution is 5.76. The van der Waals surface area contributed by atoms with Gasteiger partial charge in [0.05, 0.1) is 12.2 Å². The second-order valence-corrected chi connectivity index (χ2v) is 3.73. The Labute approximate surface area is 95.5 Å². The number of amides is 1. The largest absolute Gasteiger partial charge is 0.350 e. The number of carbonyl (C=O) groups excluding carboxylic acids is 1. The SMILES string of the molecule is CCCC(N)CC(=O)NCc1ccncn1. The van der Waals surface area contributed by atoms with Crippen molar-refractivity contribution in [1.82, 2.24) is 15.3 Å². The van der Waals surface area contributed by atoms with Crippen LogP contribution in [-0.4, -0.2) is 21.9 Å². The maximum atomic E-state index is 11.5. The first-order valence-electron chi connectivity index (χ1n) is 5.49. The average molecular weight is 222 g/mol. The second kappa shape index (κ2) is 6.90. The topological polar surface area (TPSA) is 80.9 Å². The van der Waals surface area contributed by atoms with E-state index in [-0.39, 0.29) is 11.9 Å². The maximum Gasteiger partial charge on any atom is 0.221 e. The third-order valence-electron chi connectivity index (χ3n) is 2.22. The van der Waals surface area contributed by atoms with Crippen molar-refractivity contribution in [2.75, 3.05) is 0 Å². The summed E-state index contributed by atoms with van der Waals surface area (Å²) in [5.74, 6) is -0.0282. The Kier molecular flexibility index (Phi) is 5.42. The zero-order valence-corrected chi connectivity index (χ0v) is 9.52. The predicted molar refractivity (Wildman–Crippen MR) is 61.4 cm³/mol. The summed E-state index contributed by atoms with van der Waals surface area (Å²) in [5, 5.41) is 2.78. The summed E-state index contributed by atoms with van der Waals surface area (Å²) in [6.45, 7) is 2.48. The molecule has 88 valence electrons. The van der Waals surface area contributed by atoms with Crippen LogP contribution in [0.2, 0.25) is 0 Å². The molecule has 0 bridgehead atoms. The highest BCUT2D eigenvalue weighted by Crippen LogP contribution is 1.98. The molecule has 0 aliphatic carbocycles. The van der Waals surface area contributed by atoms with Gasteiger partial charge in [-0.05, 0) is 12.5 Å². The number of hydrogen-bond acceptors (Lipinski definition) is 4. The molecule has 0 spiro atoms. The van der Waals surface area contributed by atoms with Crippen LogP contribution in [0, 0.1) is 0 Å². The molecule has 1 aromatic rings. The van der Waals surface area contributed by atoms with E-state index in [9.17, 15) is 4.79 Å². The van der Waals surface area contributed by atoms with Gasteiger partial charge in [0.25, 0.3) is 0 Å². The highest BCUT2D eigenvalue weighted by Gasteiger charge is 2.08. The van der Waals surface area contributed by atoms with Gasteiger partial charge in [-0.3, -0.25) is 4.79 Å². The summed E-state index contributed by atoms with van der Waals surface area (Å²) in [5.41, 5.74) is 6.57. The molecule has 5 heteroatoms. The summed E-state index contributed by atoms with van der Waals surface area (Å²) in [6, 6.07) is 1.72. The molecule has 1 rings (SSSR count). The normalized spacial score (nSPS) is 12.1. The Morgan fingerprint density at radius 3 is 3.06 bits per heavy atom. The smallest absolute Gasteiger partial charge is 0.221 e. The molecule has 5 nitrogen and oxygen atoms in total. The third kappa shape index (κ3) is 4.84. The number of carbonyl (C=O) groups is 1. The Morgan fingerprint density at radius 2 is 2.44 bits per heavy atom. The van der Waals surface area contributed by atoms with E-state index in [1.54, 1.807) is 12.3 Å². The van der Waals surface area contributed by atoms with Gasteiger partial charge in [0.2, 0.25) is 5.91 Å². The lowest BCUT2D eigenvalue weighted by atomic mass is 10.1. The third-order valence-corrected chi connectivity index (χ3v) is 2.22. The van der Waals surface area contributed by atoms with Crippen LogP contribution in [0.1, 0.15) is 31.9 Å². The molecule has 0 aliphatic heterocycles. The van der Waals surface area contributed by atoms with E-state index in [4.69, 9.17) is 5.73 Å². The highest BCUT2D eigenvalue weighted by atomic mass is 16.1. The number of aromatic nitrogens is 2. The molecule has 1 aromatic heterocycles. The number of hydrogen-bond donors (Lipinski definition) is 2. The molecule has 1 unspecified atom stereocenters. The van der Waals surface area contributed by atoms with Crippen LogP contribution in [0.25, 0.3) is 0 Å². The van der Waals surface area contributed by atoms with Gasteiger partial charge < -0.3 is 11.1 Å². The molecule has 0 saturated heterocycles. The Bertz CT molecular complexity index is 315. The van der Waals surface area contributed by atoms with Crippen molar-refractivity contribution in [3.05, 3.63) is 24.3 Å². The molecular weight excluding hydrogens is 204 g/mol. The number of rotatable bonds is 6. The minimum absolute atomic E-state index is 0.0282. The minimum atomic E-state index is -0.0459. The molecular formula is C11H18N4O. The zero-order valence-electron chi connectivity index (χ0n) is 9.52. The van der Waals surface area contributed by atoms with Crippen LogP contribution in [0.5, 0.6) is 0 Å². The van der Waals surface area contributed by atoms with E-state index in [1.165, 1.54) is 6.33 Å². The Morgan fingerprint density at radius 1 is 1.62 bits per heavy atom. The fourth-order valence-corrected chi connectivity index (χ4v) is 1.39. The van der Waals surface area contributed by atoms with E-state index >= 15 is 0 Å². The van der Waals surface area contributed by atoms with Crippen molar-refractivity contribution in [3.8, 4) is 0 Å². The molecule has 1 amide bonds. The van der Waals surface area contributed by atoms with Crippen molar-refractivity contribution in [1.29, 1.82) is 0 Å². The summed E-state index contributed by atoms with van der Waals surface area (Å²) in [7, 11) is 0. The van der Waals surface area contributed by atoms with Crippen LogP contribution in [0.4, 0.5) is 0 Å². The summed E-state index contributed by atoms with van der Waals surface area (Å²) >= 11 is 0. The Hall–Kier alpha value is -1.49. The molecule has 16 heavy (non-hydrogen) atoms. The van der Waals surface area contributed by atoms with Gasteiger partial charge in [-0.15, -0.1) is 0 Å². The first-order valence-corrected chi connectivity index (χ1v) is 5.49. The van der Waals surface area contributed by atoms with Crippen LogP contribution >= 0.6 is 0 Å². The molecule has 0 aromatic carbocycles. The lowest BCUT2D eigenvalue weighted by Gasteiger charge is -2.10. The monoisotopic (exact) mass is 222 g/mol. The van der Waals surface area contributed by atoms with Crippen molar-refractivity contribution >= 4 is 5.91 Å². The zero-order chi connectivity index (χ0) is 11.8. The van der Waals surface area contributed by atoms with Crippen LogP contribution in [0.15, 0.2) is 18.6 Å².